The summed E-state index contributed by atoms with van der Waals surface area (Å²) in [4.78, 5) is 0. The van der Waals surface area contributed by atoms with Gasteiger partial charge in [0.2, 0.25) is 0 Å². The fourth-order valence-electron chi connectivity index (χ4n) is 5.35. The van der Waals surface area contributed by atoms with Gasteiger partial charge in [-0.3, -0.25) is 0 Å². The van der Waals surface area contributed by atoms with E-state index in [1.54, 1.807) is 66.6 Å². The molecule has 0 aliphatic carbocycles. The van der Waals surface area contributed by atoms with E-state index in [1.165, 1.54) is 0 Å². The number of hydrogen-bond acceptors (Lipinski definition) is 15. The van der Waals surface area contributed by atoms with Gasteiger partial charge >= 0.3 is 79.0 Å². The Morgan fingerprint density at radius 1 is 0.457 bits per heavy atom. The van der Waals surface area contributed by atoms with Crippen LogP contribution in [0.4, 0.5) is 0 Å². The van der Waals surface area contributed by atoms with Crippen LogP contribution in [0.5, 0.6) is 0 Å². The van der Waals surface area contributed by atoms with Crippen LogP contribution in [0.1, 0.15) is 20.8 Å². The average molecular weight is 848 g/mol. The van der Waals surface area contributed by atoms with Crippen molar-refractivity contribution in [2.24, 2.45) is 0 Å². The molecular weight excluding hydrogens is 789 g/mol. The van der Waals surface area contributed by atoms with Gasteiger partial charge in [-0.05, 0) is 44.3 Å². The van der Waals surface area contributed by atoms with Crippen molar-refractivity contribution in [1.82, 2.24) is 0 Å². The third-order valence-electron chi connectivity index (χ3n) is 7.72. The van der Waals surface area contributed by atoms with Gasteiger partial charge in [0.15, 0.2) is 17.4 Å². The highest BCUT2D eigenvalue weighted by Crippen LogP contribution is 2.47. The predicted octanol–water partition coefficient (Wildman–Crippen LogP) is 4.78. The lowest BCUT2D eigenvalue weighted by Gasteiger charge is -2.60. The minimum absolute atomic E-state index is 0.274. The SMILES string of the molecule is CO[SiH](C)C.CO[Si](C)(C)O[Si](C)(C)C(C)(C)C.C[Si]12O[Si]3(C)O[Si]4(C)O[Si](C)(O1)O[Si]1(C)O[Si](C)(O2)O[Si](C)(O3)O[Si](C)(O4)O1. The van der Waals surface area contributed by atoms with E-state index in [1.807, 2.05) is 0 Å². The lowest BCUT2D eigenvalue weighted by molar-refractivity contribution is -0.0175. The van der Waals surface area contributed by atoms with Crippen LogP contribution in [0, 0.1) is 0 Å². The summed E-state index contributed by atoms with van der Waals surface area (Å²) >= 11 is 0. The van der Waals surface area contributed by atoms with Crippen LogP contribution in [0.25, 0.3) is 0 Å². The smallest absolute Gasteiger partial charge is 0.436 e. The van der Waals surface area contributed by atoms with E-state index in [4.69, 9.17) is 62.3 Å². The maximum absolute atomic E-state index is 6.39. The van der Waals surface area contributed by atoms with Gasteiger partial charge in [0, 0.05) is 66.6 Å². The zero-order valence-electron chi connectivity index (χ0n) is 31.2. The Kier molecular flexibility index (Phi) is 12.2. The maximum atomic E-state index is 6.39. The highest BCUT2D eigenvalue weighted by Gasteiger charge is 2.78. The molecule has 0 aromatic carbocycles. The first-order valence-electron chi connectivity index (χ1n) is 15.5. The van der Waals surface area contributed by atoms with Gasteiger partial charge in [0.25, 0.3) is 0 Å². The Hall–Kier alpha value is 1.79. The minimum atomic E-state index is -3.40. The standard InChI is InChI=1S/C9H24O2Si2.C8H24O12Si8.C3H10OSi/c1-9(2,3)12(5,6)11-13(7,8)10-4;1-21-9-22(2)12-25(5)14-23(3,10-21)16-27(7)17-24(4,11-21)15-26(6,13-22)19-28(8,18-25)20-27;1-4-5(2)3/h1-8H3;1-8H3;5H,1-3H3. The summed E-state index contributed by atoms with van der Waals surface area (Å²) in [7, 11) is -27.8. The third kappa shape index (κ3) is 10.4. The summed E-state index contributed by atoms with van der Waals surface area (Å²) in [5, 5.41) is 0.274. The molecule has 6 rings (SSSR count). The highest BCUT2D eigenvalue weighted by atomic mass is 28.6. The molecule has 6 saturated heterocycles. The quantitative estimate of drug-likeness (QED) is 0.359. The number of rotatable bonds is 4. The molecule has 46 heavy (non-hydrogen) atoms. The molecule has 26 heteroatoms. The van der Waals surface area contributed by atoms with Gasteiger partial charge in [-0.15, -0.1) is 0 Å². The molecular formula is C20H58O15Si11. The van der Waals surface area contributed by atoms with E-state index in [-0.39, 0.29) is 5.04 Å². The van der Waals surface area contributed by atoms with Gasteiger partial charge in [-0.1, -0.05) is 20.8 Å². The monoisotopic (exact) mass is 846 g/mol. The summed E-state index contributed by atoms with van der Waals surface area (Å²) in [6.07, 6.45) is 0. The zero-order chi connectivity index (χ0) is 35.7. The molecule has 272 valence electrons. The van der Waals surface area contributed by atoms with Gasteiger partial charge in [-0.2, -0.15) is 0 Å². The molecule has 0 radical (unpaired) electrons. The van der Waals surface area contributed by atoms with Gasteiger partial charge in [0.05, 0.1) is 0 Å². The molecule has 15 nitrogen and oxygen atoms in total. The second-order valence-electron chi connectivity index (χ2n) is 14.9. The van der Waals surface area contributed by atoms with E-state index in [2.05, 4.69) is 60.1 Å². The Bertz CT molecular complexity index is 862. The first-order chi connectivity index (χ1) is 20.3. The molecule has 0 N–H and O–H groups in total. The van der Waals surface area contributed by atoms with Crippen molar-refractivity contribution >= 4 is 96.4 Å². The molecule has 0 aromatic heterocycles. The van der Waals surface area contributed by atoms with Crippen molar-refractivity contribution in [1.29, 1.82) is 0 Å². The summed E-state index contributed by atoms with van der Waals surface area (Å²) in [5.41, 5.74) is 0. The molecule has 0 saturated carbocycles. The van der Waals surface area contributed by atoms with Crippen molar-refractivity contribution in [3.8, 4) is 0 Å². The largest absolute Gasteiger partial charge is 0.475 e. The van der Waals surface area contributed by atoms with Crippen molar-refractivity contribution in [3.05, 3.63) is 0 Å². The molecule has 0 aromatic rings. The van der Waals surface area contributed by atoms with Crippen molar-refractivity contribution < 1.29 is 62.3 Å². The summed E-state index contributed by atoms with van der Waals surface area (Å²) in [6.45, 7) is 33.8. The van der Waals surface area contributed by atoms with Crippen LogP contribution in [0.15, 0.2) is 0 Å². The van der Waals surface area contributed by atoms with E-state index in [0.29, 0.717) is 0 Å². The molecule has 0 unspecified atom stereocenters. The van der Waals surface area contributed by atoms with Gasteiger partial charge in [-0.25, -0.2) is 0 Å². The molecule has 0 atom stereocenters. The maximum Gasteiger partial charge on any atom is 0.475 e. The topological polar surface area (TPSA) is 138 Å². The van der Waals surface area contributed by atoms with Crippen LogP contribution in [0.2, 0.25) is 96.7 Å². The molecule has 6 heterocycles. The average Bonchev–Trinajstić information content (AvgIpc) is 2.70. The first-order valence-corrected chi connectivity index (χ1v) is 41.8. The van der Waals surface area contributed by atoms with Crippen LogP contribution in [-0.4, -0.2) is 111 Å². The third-order valence-corrected chi connectivity index (χ3v) is 52.9. The van der Waals surface area contributed by atoms with Gasteiger partial charge < -0.3 is 62.3 Å². The Morgan fingerprint density at radius 3 is 0.739 bits per heavy atom. The highest BCUT2D eigenvalue weighted by molar-refractivity contribution is 7.02. The van der Waals surface area contributed by atoms with E-state index in [0.717, 1.165) is 0 Å². The van der Waals surface area contributed by atoms with Crippen LogP contribution >= 0.6 is 0 Å². The fraction of sp³-hybridized carbons (Fsp3) is 1.00. The second kappa shape index (κ2) is 13.3. The van der Waals surface area contributed by atoms with E-state index < -0.39 is 96.4 Å². The summed E-state index contributed by atoms with van der Waals surface area (Å²) in [5.74, 6) is 0. The fourth-order valence-corrected chi connectivity index (χ4v) is 57.2. The summed E-state index contributed by atoms with van der Waals surface area (Å²) in [6, 6.07) is 0. The first kappa shape index (κ1) is 42.2. The van der Waals surface area contributed by atoms with Crippen molar-refractivity contribution in [3.63, 3.8) is 0 Å². The molecule has 6 aliphatic rings. The zero-order valence-corrected chi connectivity index (χ0v) is 42.4. The van der Waals surface area contributed by atoms with Crippen LogP contribution in [0.3, 0.4) is 0 Å². The normalized spacial score (nSPS) is 45.4. The van der Waals surface area contributed by atoms with Crippen molar-refractivity contribution in [2.75, 3.05) is 14.2 Å². The lowest BCUT2D eigenvalue weighted by atomic mass is 10.2. The Balaban J connectivity index is 0.000000269. The van der Waals surface area contributed by atoms with Crippen LogP contribution < -0.4 is 0 Å². The van der Waals surface area contributed by atoms with Crippen molar-refractivity contribution in [2.45, 2.75) is 117 Å². The molecule has 0 spiro atoms. The van der Waals surface area contributed by atoms with E-state index in [9.17, 15) is 0 Å². The molecule has 0 amide bonds. The summed E-state index contributed by atoms with van der Waals surface area (Å²) < 4.78 is 93.2. The molecule has 6 aliphatic heterocycles. The number of hydrogen-bond donors (Lipinski definition) is 0. The van der Waals surface area contributed by atoms with E-state index >= 15 is 0 Å². The lowest BCUT2D eigenvalue weighted by Crippen LogP contribution is -2.86. The Labute approximate surface area is 289 Å². The molecule has 6 fully saturated rings. The predicted molar refractivity (Wildman–Crippen MR) is 195 cm³/mol. The molecule has 8 bridgehead atoms. The second-order valence-corrected chi connectivity index (χ2v) is 49.6. The van der Waals surface area contributed by atoms with Gasteiger partial charge in [0.1, 0.15) is 0 Å². The van der Waals surface area contributed by atoms with Crippen LogP contribution in [-0.2, 0) is 62.3 Å². The Morgan fingerprint density at radius 2 is 0.630 bits per heavy atom. The minimum Gasteiger partial charge on any atom is -0.436 e.